The maximum atomic E-state index is 12.3. The molecule has 0 bridgehead atoms. The molecule has 0 saturated carbocycles. The molecule has 1 heterocycles. The Balaban J connectivity index is 3.24. The highest BCUT2D eigenvalue weighted by molar-refractivity contribution is 9.10. The SMILES string of the molecule is COc1c(Br)cc(C(F)F)nc1OC(F)(F)F. The second kappa shape index (κ2) is 5.03. The van der Waals surface area contributed by atoms with Gasteiger partial charge in [0.05, 0.1) is 11.6 Å². The summed E-state index contributed by atoms with van der Waals surface area (Å²) in [5.41, 5.74) is -0.850. The van der Waals surface area contributed by atoms with Crippen molar-refractivity contribution in [2.24, 2.45) is 0 Å². The Hall–Kier alpha value is -1.12. The first kappa shape index (κ1) is 13.9. The fourth-order valence-corrected chi connectivity index (χ4v) is 1.54. The first-order valence-electron chi connectivity index (χ1n) is 4.03. The summed E-state index contributed by atoms with van der Waals surface area (Å²) >= 11 is 2.79. The Morgan fingerprint density at radius 3 is 2.35 bits per heavy atom. The zero-order valence-corrected chi connectivity index (χ0v) is 9.77. The van der Waals surface area contributed by atoms with Crippen molar-refractivity contribution in [2.75, 3.05) is 7.11 Å². The monoisotopic (exact) mass is 321 g/mol. The normalized spacial score (nSPS) is 11.8. The summed E-state index contributed by atoms with van der Waals surface area (Å²) in [4.78, 5) is 3.04. The van der Waals surface area contributed by atoms with E-state index in [9.17, 15) is 22.0 Å². The minimum atomic E-state index is -5.04. The molecular weight excluding hydrogens is 317 g/mol. The molecule has 0 aliphatic heterocycles. The van der Waals surface area contributed by atoms with Gasteiger partial charge in [-0.05, 0) is 22.0 Å². The number of nitrogens with zero attached hydrogens (tertiary/aromatic N) is 1. The molecule has 1 aromatic heterocycles. The molecule has 0 fully saturated rings. The highest BCUT2D eigenvalue weighted by Gasteiger charge is 2.34. The third-order valence-corrected chi connectivity index (χ3v) is 2.15. The van der Waals surface area contributed by atoms with Gasteiger partial charge in [0.2, 0.25) is 0 Å². The minimum absolute atomic E-state index is 0.107. The van der Waals surface area contributed by atoms with E-state index in [4.69, 9.17) is 0 Å². The number of pyridine rings is 1. The van der Waals surface area contributed by atoms with Gasteiger partial charge in [-0.25, -0.2) is 13.8 Å². The summed E-state index contributed by atoms with van der Waals surface area (Å²) < 4.78 is 68.6. The summed E-state index contributed by atoms with van der Waals surface area (Å²) in [5.74, 6) is -1.48. The number of ether oxygens (including phenoxy) is 2. The predicted molar refractivity (Wildman–Crippen MR) is 50.1 cm³/mol. The molecule has 96 valence electrons. The molecule has 0 unspecified atom stereocenters. The lowest BCUT2D eigenvalue weighted by Gasteiger charge is -2.13. The third kappa shape index (κ3) is 3.69. The quantitative estimate of drug-likeness (QED) is 0.796. The van der Waals surface area contributed by atoms with Gasteiger partial charge >= 0.3 is 6.36 Å². The van der Waals surface area contributed by atoms with E-state index in [-0.39, 0.29) is 4.47 Å². The predicted octanol–water partition coefficient (Wildman–Crippen LogP) is 3.69. The first-order valence-corrected chi connectivity index (χ1v) is 4.82. The zero-order valence-electron chi connectivity index (χ0n) is 8.19. The van der Waals surface area contributed by atoms with E-state index in [0.717, 1.165) is 13.2 Å². The Labute approximate surface area is 101 Å². The lowest BCUT2D eigenvalue weighted by atomic mass is 10.3. The third-order valence-electron chi connectivity index (χ3n) is 1.56. The van der Waals surface area contributed by atoms with Gasteiger partial charge in [-0.2, -0.15) is 0 Å². The number of rotatable bonds is 3. The molecular formula is C8H5BrF5NO2. The number of hydrogen-bond donors (Lipinski definition) is 0. The molecule has 0 spiro atoms. The second-order valence-corrected chi connectivity index (χ2v) is 3.57. The van der Waals surface area contributed by atoms with E-state index in [2.05, 4.69) is 30.4 Å². The van der Waals surface area contributed by atoms with Crippen molar-refractivity contribution >= 4 is 15.9 Å². The molecule has 0 atom stereocenters. The Kier molecular flexibility index (Phi) is 4.12. The van der Waals surface area contributed by atoms with Crippen molar-refractivity contribution in [3.05, 3.63) is 16.2 Å². The fourth-order valence-electron chi connectivity index (χ4n) is 0.973. The van der Waals surface area contributed by atoms with E-state index in [1.54, 1.807) is 0 Å². The second-order valence-electron chi connectivity index (χ2n) is 2.72. The van der Waals surface area contributed by atoms with Gasteiger partial charge in [0.25, 0.3) is 12.3 Å². The maximum absolute atomic E-state index is 12.3. The summed E-state index contributed by atoms with van der Waals surface area (Å²) in [6.45, 7) is 0. The summed E-state index contributed by atoms with van der Waals surface area (Å²) in [6, 6.07) is 0.854. The van der Waals surface area contributed by atoms with Crippen LogP contribution in [0.3, 0.4) is 0 Å². The standard InChI is InChI=1S/C8H5BrF5NO2/c1-16-5-3(9)2-4(6(10)11)15-7(5)17-8(12,13)14/h2,6H,1H3. The molecule has 3 nitrogen and oxygen atoms in total. The van der Waals surface area contributed by atoms with Crippen LogP contribution in [-0.4, -0.2) is 18.5 Å². The average molecular weight is 322 g/mol. The highest BCUT2D eigenvalue weighted by Crippen LogP contribution is 2.38. The summed E-state index contributed by atoms with van der Waals surface area (Å²) in [6.07, 6.45) is -8.06. The van der Waals surface area contributed by atoms with Crippen LogP contribution in [-0.2, 0) is 0 Å². The molecule has 0 saturated heterocycles. The van der Waals surface area contributed by atoms with E-state index in [1.165, 1.54) is 0 Å². The van der Waals surface area contributed by atoms with Crippen molar-refractivity contribution in [3.8, 4) is 11.6 Å². The number of methoxy groups -OCH3 is 1. The maximum Gasteiger partial charge on any atom is 0.574 e. The van der Waals surface area contributed by atoms with E-state index >= 15 is 0 Å². The van der Waals surface area contributed by atoms with Crippen molar-refractivity contribution in [2.45, 2.75) is 12.8 Å². The first-order chi connectivity index (χ1) is 7.74. The van der Waals surface area contributed by atoms with Gasteiger partial charge in [-0.3, -0.25) is 0 Å². The Morgan fingerprint density at radius 1 is 1.35 bits per heavy atom. The van der Waals surface area contributed by atoms with Crippen LogP contribution in [0.2, 0.25) is 0 Å². The molecule has 1 aromatic rings. The minimum Gasteiger partial charge on any atom is -0.490 e. The molecule has 9 heteroatoms. The van der Waals surface area contributed by atoms with E-state index in [1.807, 2.05) is 0 Å². The molecule has 0 aliphatic carbocycles. The van der Waals surface area contributed by atoms with Crippen molar-refractivity contribution in [1.29, 1.82) is 0 Å². The average Bonchev–Trinajstić information content (AvgIpc) is 2.14. The van der Waals surface area contributed by atoms with Crippen molar-refractivity contribution in [1.82, 2.24) is 4.98 Å². The Morgan fingerprint density at radius 2 is 1.94 bits per heavy atom. The van der Waals surface area contributed by atoms with Gasteiger partial charge in [0.1, 0.15) is 5.69 Å². The van der Waals surface area contributed by atoms with Crippen LogP contribution >= 0.6 is 15.9 Å². The van der Waals surface area contributed by atoms with Crippen molar-refractivity contribution in [3.63, 3.8) is 0 Å². The lowest BCUT2D eigenvalue weighted by molar-refractivity contribution is -0.276. The molecule has 1 rings (SSSR count). The zero-order chi connectivity index (χ0) is 13.2. The van der Waals surface area contributed by atoms with Gasteiger partial charge in [0.15, 0.2) is 5.75 Å². The molecule has 0 N–H and O–H groups in total. The molecule has 0 aromatic carbocycles. The Bertz CT molecular complexity index is 410. The number of alkyl halides is 5. The topological polar surface area (TPSA) is 31.4 Å². The van der Waals surface area contributed by atoms with Crippen LogP contribution in [0.4, 0.5) is 22.0 Å². The highest BCUT2D eigenvalue weighted by atomic mass is 79.9. The van der Waals surface area contributed by atoms with Gasteiger partial charge in [-0.1, -0.05) is 0 Å². The van der Waals surface area contributed by atoms with Crippen molar-refractivity contribution < 1.29 is 31.4 Å². The number of hydrogen-bond acceptors (Lipinski definition) is 3. The number of halogens is 6. The summed E-state index contributed by atoms with van der Waals surface area (Å²) in [5, 5.41) is 0. The molecule has 17 heavy (non-hydrogen) atoms. The lowest BCUT2D eigenvalue weighted by Crippen LogP contribution is -2.19. The largest absolute Gasteiger partial charge is 0.574 e. The molecule has 0 radical (unpaired) electrons. The van der Waals surface area contributed by atoms with Crippen LogP contribution < -0.4 is 9.47 Å². The molecule has 0 amide bonds. The van der Waals surface area contributed by atoms with Gasteiger partial charge < -0.3 is 9.47 Å². The van der Waals surface area contributed by atoms with Crippen LogP contribution in [0.5, 0.6) is 11.6 Å². The van der Waals surface area contributed by atoms with Crippen LogP contribution in [0.25, 0.3) is 0 Å². The summed E-state index contributed by atoms with van der Waals surface area (Å²) in [7, 11) is 1.06. The van der Waals surface area contributed by atoms with Crippen LogP contribution in [0, 0.1) is 0 Å². The van der Waals surface area contributed by atoms with Gasteiger partial charge in [-0.15, -0.1) is 13.2 Å². The van der Waals surface area contributed by atoms with E-state index in [0.29, 0.717) is 0 Å². The smallest absolute Gasteiger partial charge is 0.490 e. The van der Waals surface area contributed by atoms with E-state index < -0.39 is 30.1 Å². The van der Waals surface area contributed by atoms with Crippen LogP contribution in [0.15, 0.2) is 10.5 Å². The van der Waals surface area contributed by atoms with Crippen LogP contribution in [0.1, 0.15) is 12.1 Å². The molecule has 0 aliphatic rings. The number of aromatic nitrogens is 1. The fraction of sp³-hybridized carbons (Fsp3) is 0.375. The van der Waals surface area contributed by atoms with Gasteiger partial charge in [0, 0.05) is 0 Å².